The Labute approximate surface area is 91.4 Å². The lowest BCUT2D eigenvalue weighted by molar-refractivity contribution is -0.0766. The van der Waals surface area contributed by atoms with Crippen LogP contribution in [-0.2, 0) is 10.3 Å². The van der Waals surface area contributed by atoms with Gasteiger partial charge in [0.2, 0.25) is 0 Å². The maximum absolute atomic E-state index is 6.00. The zero-order chi connectivity index (χ0) is 10.9. The topological polar surface area (TPSA) is 35.2 Å². The Bertz CT molecular complexity index is 333. The largest absolute Gasteiger partial charge is 0.370 e. The van der Waals surface area contributed by atoms with E-state index in [1.54, 1.807) is 0 Å². The normalized spacial score (nSPS) is 31.5. The van der Waals surface area contributed by atoms with Crippen molar-refractivity contribution in [1.29, 1.82) is 0 Å². The molecular formula is C13H19NO. The quantitative estimate of drug-likeness (QED) is 0.763. The zero-order valence-electron chi connectivity index (χ0n) is 9.49. The van der Waals surface area contributed by atoms with Crippen LogP contribution >= 0.6 is 0 Å². The molecule has 1 aromatic carbocycles. The predicted molar refractivity (Wildman–Crippen MR) is 61.7 cm³/mol. The molecule has 1 saturated heterocycles. The highest BCUT2D eigenvalue weighted by molar-refractivity contribution is 5.26. The van der Waals surface area contributed by atoms with Crippen LogP contribution in [0.15, 0.2) is 24.3 Å². The van der Waals surface area contributed by atoms with Crippen molar-refractivity contribution in [3.8, 4) is 0 Å². The summed E-state index contributed by atoms with van der Waals surface area (Å²) in [5, 5.41) is 0. The highest BCUT2D eigenvalue weighted by Crippen LogP contribution is 2.34. The molecule has 1 aliphatic heterocycles. The van der Waals surface area contributed by atoms with Crippen LogP contribution in [0.25, 0.3) is 0 Å². The molecule has 82 valence electrons. The molecule has 2 atom stereocenters. The second-order valence-corrected chi connectivity index (χ2v) is 4.70. The van der Waals surface area contributed by atoms with Gasteiger partial charge in [-0.3, -0.25) is 0 Å². The number of rotatable bonds is 1. The molecule has 15 heavy (non-hydrogen) atoms. The number of benzene rings is 1. The van der Waals surface area contributed by atoms with Crippen molar-refractivity contribution in [2.45, 2.75) is 38.3 Å². The Morgan fingerprint density at radius 1 is 1.33 bits per heavy atom. The van der Waals surface area contributed by atoms with Crippen molar-refractivity contribution in [3.05, 3.63) is 35.4 Å². The number of nitrogens with two attached hydrogens (primary N) is 1. The van der Waals surface area contributed by atoms with Gasteiger partial charge >= 0.3 is 0 Å². The molecule has 2 heteroatoms. The van der Waals surface area contributed by atoms with Gasteiger partial charge in [0.05, 0.1) is 5.60 Å². The van der Waals surface area contributed by atoms with Crippen LogP contribution in [0.3, 0.4) is 0 Å². The van der Waals surface area contributed by atoms with Crippen LogP contribution in [0, 0.1) is 6.92 Å². The van der Waals surface area contributed by atoms with Gasteiger partial charge in [-0.25, -0.2) is 0 Å². The minimum Gasteiger partial charge on any atom is -0.370 e. The summed E-state index contributed by atoms with van der Waals surface area (Å²) in [4.78, 5) is 0. The minimum atomic E-state index is -0.189. The van der Waals surface area contributed by atoms with Gasteiger partial charge in [-0.2, -0.15) is 0 Å². The molecular weight excluding hydrogens is 186 g/mol. The summed E-state index contributed by atoms with van der Waals surface area (Å²) in [6, 6.07) is 8.82. The fourth-order valence-electron chi connectivity index (χ4n) is 2.20. The molecule has 2 N–H and O–H groups in total. The number of ether oxygens (including phenoxy) is 1. The molecule has 1 aliphatic rings. The van der Waals surface area contributed by atoms with E-state index in [-0.39, 0.29) is 11.6 Å². The van der Waals surface area contributed by atoms with Crippen LogP contribution in [-0.4, -0.2) is 12.6 Å². The summed E-state index contributed by atoms with van der Waals surface area (Å²) >= 11 is 0. The van der Waals surface area contributed by atoms with Gasteiger partial charge in [0.15, 0.2) is 0 Å². The van der Waals surface area contributed by atoms with Crippen LogP contribution in [0.1, 0.15) is 30.9 Å². The molecule has 0 bridgehead atoms. The van der Waals surface area contributed by atoms with E-state index in [2.05, 4.69) is 38.1 Å². The van der Waals surface area contributed by atoms with E-state index in [1.165, 1.54) is 11.1 Å². The zero-order valence-corrected chi connectivity index (χ0v) is 9.49. The first-order valence-electron chi connectivity index (χ1n) is 5.57. The van der Waals surface area contributed by atoms with Crippen LogP contribution in [0.2, 0.25) is 0 Å². The third-order valence-corrected chi connectivity index (χ3v) is 3.22. The molecule has 2 nitrogen and oxygen atoms in total. The summed E-state index contributed by atoms with van der Waals surface area (Å²) in [6.07, 6.45) is 1.89. The Morgan fingerprint density at radius 2 is 2.00 bits per heavy atom. The van der Waals surface area contributed by atoms with E-state index < -0.39 is 0 Å². The van der Waals surface area contributed by atoms with Gasteiger partial charge in [0.1, 0.15) is 0 Å². The summed E-state index contributed by atoms with van der Waals surface area (Å²) in [5.41, 5.74) is 8.33. The Morgan fingerprint density at radius 3 is 2.60 bits per heavy atom. The fourth-order valence-corrected chi connectivity index (χ4v) is 2.20. The summed E-state index contributed by atoms with van der Waals surface area (Å²) in [6.45, 7) is 5.00. The van der Waals surface area contributed by atoms with Crippen molar-refractivity contribution in [2.24, 2.45) is 5.73 Å². The SMILES string of the molecule is Cc1ccc(C2(C)CC(N)CCO2)cc1. The van der Waals surface area contributed by atoms with E-state index in [4.69, 9.17) is 10.5 Å². The molecule has 2 unspecified atom stereocenters. The number of hydrogen-bond acceptors (Lipinski definition) is 2. The van der Waals surface area contributed by atoms with Crippen LogP contribution < -0.4 is 5.73 Å². The van der Waals surface area contributed by atoms with Crippen molar-refractivity contribution < 1.29 is 4.74 Å². The third-order valence-electron chi connectivity index (χ3n) is 3.22. The fraction of sp³-hybridized carbons (Fsp3) is 0.538. The standard InChI is InChI=1S/C13H19NO/c1-10-3-5-11(6-4-10)13(2)9-12(14)7-8-15-13/h3-6,12H,7-9,14H2,1-2H3. The van der Waals surface area contributed by atoms with Crippen molar-refractivity contribution in [1.82, 2.24) is 0 Å². The molecule has 2 rings (SSSR count). The smallest absolute Gasteiger partial charge is 0.0918 e. The molecule has 0 aromatic heterocycles. The van der Waals surface area contributed by atoms with Crippen molar-refractivity contribution >= 4 is 0 Å². The molecule has 0 radical (unpaired) electrons. The maximum atomic E-state index is 6.00. The summed E-state index contributed by atoms with van der Waals surface area (Å²) < 4.78 is 5.88. The van der Waals surface area contributed by atoms with Gasteiger partial charge in [0.25, 0.3) is 0 Å². The van der Waals surface area contributed by atoms with Gasteiger partial charge in [-0.05, 0) is 32.3 Å². The molecule has 0 saturated carbocycles. The maximum Gasteiger partial charge on any atom is 0.0918 e. The molecule has 1 heterocycles. The molecule has 1 fully saturated rings. The molecule has 0 spiro atoms. The second-order valence-electron chi connectivity index (χ2n) is 4.70. The Hall–Kier alpha value is -0.860. The van der Waals surface area contributed by atoms with E-state index in [0.717, 1.165) is 19.4 Å². The third kappa shape index (κ3) is 2.21. The van der Waals surface area contributed by atoms with Crippen molar-refractivity contribution in [2.75, 3.05) is 6.61 Å². The molecule has 1 aromatic rings. The average Bonchev–Trinajstić information content (AvgIpc) is 2.18. The van der Waals surface area contributed by atoms with Gasteiger partial charge < -0.3 is 10.5 Å². The highest BCUT2D eigenvalue weighted by Gasteiger charge is 2.33. The molecule has 0 amide bonds. The number of hydrogen-bond donors (Lipinski definition) is 1. The first-order valence-corrected chi connectivity index (χ1v) is 5.57. The first-order chi connectivity index (χ1) is 7.10. The van der Waals surface area contributed by atoms with E-state index >= 15 is 0 Å². The van der Waals surface area contributed by atoms with Crippen LogP contribution in [0.4, 0.5) is 0 Å². The molecule has 0 aliphatic carbocycles. The van der Waals surface area contributed by atoms with Crippen LogP contribution in [0.5, 0.6) is 0 Å². The Balaban J connectivity index is 2.24. The van der Waals surface area contributed by atoms with E-state index in [9.17, 15) is 0 Å². The second kappa shape index (κ2) is 3.95. The lowest BCUT2D eigenvalue weighted by atomic mass is 9.86. The predicted octanol–water partition coefficient (Wildman–Crippen LogP) is 2.35. The van der Waals surface area contributed by atoms with Crippen molar-refractivity contribution in [3.63, 3.8) is 0 Å². The number of aryl methyl sites for hydroxylation is 1. The average molecular weight is 205 g/mol. The summed E-state index contributed by atoms with van der Waals surface area (Å²) in [7, 11) is 0. The van der Waals surface area contributed by atoms with Gasteiger partial charge in [0, 0.05) is 12.6 Å². The van der Waals surface area contributed by atoms with E-state index in [0.29, 0.717) is 0 Å². The summed E-state index contributed by atoms with van der Waals surface area (Å²) in [5.74, 6) is 0. The minimum absolute atomic E-state index is 0.189. The highest BCUT2D eigenvalue weighted by atomic mass is 16.5. The van der Waals surface area contributed by atoms with E-state index in [1.807, 2.05) is 0 Å². The monoisotopic (exact) mass is 205 g/mol. The van der Waals surface area contributed by atoms with Gasteiger partial charge in [-0.15, -0.1) is 0 Å². The first kappa shape index (κ1) is 10.7. The lowest BCUT2D eigenvalue weighted by Crippen LogP contribution is -2.40. The Kier molecular flexibility index (Phi) is 2.81. The van der Waals surface area contributed by atoms with Gasteiger partial charge in [-0.1, -0.05) is 29.8 Å². The lowest BCUT2D eigenvalue weighted by Gasteiger charge is -2.37.